The minimum Gasteiger partial charge on any atom is -0.310 e. The fourth-order valence-electron chi connectivity index (χ4n) is 2.06. The fourth-order valence-corrected chi connectivity index (χ4v) is 3.46. The zero-order chi connectivity index (χ0) is 10.1. The molecule has 0 aliphatic heterocycles. The van der Waals surface area contributed by atoms with E-state index in [2.05, 4.69) is 19.2 Å². The van der Waals surface area contributed by atoms with Crippen molar-refractivity contribution in [3.63, 3.8) is 0 Å². The second kappa shape index (κ2) is 3.96. The molecule has 1 fully saturated rings. The Morgan fingerprint density at radius 2 is 1.92 bits per heavy atom. The largest absolute Gasteiger partial charge is 0.310 e. The number of sulfone groups is 1. The van der Waals surface area contributed by atoms with Gasteiger partial charge in [-0.05, 0) is 12.8 Å². The van der Waals surface area contributed by atoms with E-state index >= 15 is 0 Å². The predicted molar refractivity (Wildman–Crippen MR) is 54.5 cm³/mol. The molecule has 3 nitrogen and oxygen atoms in total. The molecular weight excluding hydrogens is 186 g/mol. The topological polar surface area (TPSA) is 46.2 Å². The van der Waals surface area contributed by atoms with Crippen LogP contribution in [0.1, 0.15) is 33.1 Å². The van der Waals surface area contributed by atoms with Crippen molar-refractivity contribution in [1.29, 1.82) is 0 Å². The maximum absolute atomic E-state index is 11.4. The average Bonchev–Trinajstić information content (AvgIpc) is 2.31. The third kappa shape index (κ3) is 2.95. The molecule has 0 heterocycles. The Hall–Kier alpha value is -0.0900. The zero-order valence-electron chi connectivity index (χ0n) is 8.58. The summed E-state index contributed by atoms with van der Waals surface area (Å²) in [5, 5.41) is 3.16. The van der Waals surface area contributed by atoms with Gasteiger partial charge in [0.25, 0.3) is 0 Å². The second-order valence-electron chi connectivity index (χ2n) is 4.23. The normalized spacial score (nSPS) is 29.8. The molecule has 13 heavy (non-hydrogen) atoms. The minimum atomic E-state index is -2.86. The van der Waals surface area contributed by atoms with Crippen LogP contribution in [0.15, 0.2) is 0 Å². The van der Waals surface area contributed by atoms with E-state index in [1.54, 1.807) is 0 Å². The van der Waals surface area contributed by atoms with Crippen LogP contribution < -0.4 is 5.32 Å². The summed E-state index contributed by atoms with van der Waals surface area (Å²) in [4.78, 5) is 0. The number of hydrogen-bond donors (Lipinski definition) is 1. The first kappa shape index (κ1) is 11.0. The SMILES string of the molecule is CC(C)NC1CCCC1S(C)(=O)=O. The monoisotopic (exact) mass is 205 g/mol. The van der Waals surface area contributed by atoms with Gasteiger partial charge in [-0.2, -0.15) is 0 Å². The van der Waals surface area contributed by atoms with Gasteiger partial charge in [-0.3, -0.25) is 0 Å². The molecule has 0 aromatic heterocycles. The highest BCUT2D eigenvalue weighted by atomic mass is 32.2. The first-order chi connectivity index (χ1) is 5.91. The molecule has 78 valence electrons. The van der Waals surface area contributed by atoms with Gasteiger partial charge in [0.2, 0.25) is 0 Å². The van der Waals surface area contributed by atoms with E-state index in [0.717, 1.165) is 19.3 Å². The summed E-state index contributed by atoms with van der Waals surface area (Å²) in [5.41, 5.74) is 0. The smallest absolute Gasteiger partial charge is 0.151 e. The Bertz CT molecular complexity index is 259. The van der Waals surface area contributed by atoms with Crippen LogP contribution >= 0.6 is 0 Å². The third-order valence-electron chi connectivity index (χ3n) is 2.55. The molecule has 0 amide bonds. The maximum atomic E-state index is 11.4. The highest BCUT2D eigenvalue weighted by molar-refractivity contribution is 7.91. The lowest BCUT2D eigenvalue weighted by Gasteiger charge is -2.21. The molecule has 4 heteroatoms. The van der Waals surface area contributed by atoms with Crippen LogP contribution in [-0.2, 0) is 9.84 Å². The lowest BCUT2D eigenvalue weighted by molar-refractivity contribution is 0.465. The van der Waals surface area contributed by atoms with Gasteiger partial charge in [0.15, 0.2) is 9.84 Å². The molecular formula is C9H19NO2S. The molecule has 1 N–H and O–H groups in total. The minimum absolute atomic E-state index is 0.158. The first-order valence-electron chi connectivity index (χ1n) is 4.86. The van der Waals surface area contributed by atoms with E-state index in [1.165, 1.54) is 6.26 Å². The molecule has 1 aliphatic rings. The van der Waals surface area contributed by atoms with Gasteiger partial charge < -0.3 is 5.32 Å². The molecule has 1 saturated carbocycles. The van der Waals surface area contributed by atoms with Crippen LogP contribution in [-0.4, -0.2) is 32.0 Å². The molecule has 0 aromatic carbocycles. The molecule has 0 aromatic rings. The summed E-state index contributed by atoms with van der Waals surface area (Å²) < 4.78 is 22.8. The lowest BCUT2D eigenvalue weighted by atomic mass is 10.2. The summed E-state index contributed by atoms with van der Waals surface area (Å²) in [6.45, 7) is 4.11. The van der Waals surface area contributed by atoms with Gasteiger partial charge in [0.05, 0.1) is 5.25 Å². The molecule has 2 unspecified atom stereocenters. The summed E-state index contributed by atoms with van der Waals surface area (Å²) in [7, 11) is -2.86. The Morgan fingerprint density at radius 3 is 2.38 bits per heavy atom. The molecule has 1 aliphatic carbocycles. The van der Waals surface area contributed by atoms with Crippen molar-refractivity contribution < 1.29 is 8.42 Å². The van der Waals surface area contributed by atoms with Crippen LogP contribution in [0.2, 0.25) is 0 Å². The molecule has 0 saturated heterocycles. The van der Waals surface area contributed by atoms with Crippen molar-refractivity contribution >= 4 is 9.84 Å². The van der Waals surface area contributed by atoms with Crippen LogP contribution in [0.3, 0.4) is 0 Å². The fraction of sp³-hybridized carbons (Fsp3) is 1.00. The van der Waals surface area contributed by atoms with Crippen molar-refractivity contribution in [3.8, 4) is 0 Å². The summed E-state index contributed by atoms with van der Waals surface area (Å²) in [5.74, 6) is 0. The van der Waals surface area contributed by atoms with E-state index in [0.29, 0.717) is 6.04 Å². The van der Waals surface area contributed by atoms with Crippen molar-refractivity contribution in [2.75, 3.05) is 6.26 Å². The Balaban J connectivity index is 2.65. The van der Waals surface area contributed by atoms with Crippen molar-refractivity contribution in [2.24, 2.45) is 0 Å². The van der Waals surface area contributed by atoms with Gasteiger partial charge in [0, 0.05) is 18.3 Å². The maximum Gasteiger partial charge on any atom is 0.151 e. The van der Waals surface area contributed by atoms with Crippen LogP contribution in [0, 0.1) is 0 Å². The molecule has 0 radical (unpaired) electrons. The highest BCUT2D eigenvalue weighted by Crippen LogP contribution is 2.25. The van der Waals surface area contributed by atoms with Crippen molar-refractivity contribution in [2.45, 2.75) is 50.4 Å². The molecule has 2 atom stereocenters. The lowest BCUT2D eigenvalue weighted by Crippen LogP contribution is -2.43. The average molecular weight is 205 g/mol. The zero-order valence-corrected chi connectivity index (χ0v) is 9.39. The van der Waals surface area contributed by atoms with Gasteiger partial charge in [-0.15, -0.1) is 0 Å². The number of hydrogen-bond acceptors (Lipinski definition) is 3. The van der Waals surface area contributed by atoms with Crippen molar-refractivity contribution in [3.05, 3.63) is 0 Å². The second-order valence-corrected chi connectivity index (χ2v) is 6.49. The third-order valence-corrected chi connectivity index (χ3v) is 4.21. The molecule has 0 bridgehead atoms. The quantitative estimate of drug-likeness (QED) is 0.746. The van der Waals surface area contributed by atoms with Gasteiger partial charge in [0.1, 0.15) is 0 Å². The predicted octanol–water partition coefficient (Wildman–Crippen LogP) is 0.950. The van der Waals surface area contributed by atoms with E-state index in [1.807, 2.05) is 0 Å². The summed E-state index contributed by atoms with van der Waals surface area (Å²) in [6.07, 6.45) is 4.19. The van der Waals surface area contributed by atoms with Gasteiger partial charge in [-0.1, -0.05) is 20.3 Å². The van der Waals surface area contributed by atoms with E-state index in [9.17, 15) is 8.42 Å². The first-order valence-corrected chi connectivity index (χ1v) is 6.81. The molecule has 1 rings (SSSR count). The van der Waals surface area contributed by atoms with Crippen LogP contribution in [0.4, 0.5) is 0 Å². The number of rotatable bonds is 3. The summed E-state index contributed by atoms with van der Waals surface area (Å²) in [6, 6.07) is 0.544. The van der Waals surface area contributed by atoms with E-state index < -0.39 is 9.84 Å². The van der Waals surface area contributed by atoms with Gasteiger partial charge in [-0.25, -0.2) is 8.42 Å². The highest BCUT2D eigenvalue weighted by Gasteiger charge is 2.34. The van der Waals surface area contributed by atoms with Crippen molar-refractivity contribution in [1.82, 2.24) is 5.32 Å². The van der Waals surface area contributed by atoms with Crippen LogP contribution in [0.5, 0.6) is 0 Å². The standard InChI is InChI=1S/C9H19NO2S/c1-7(2)10-8-5-4-6-9(8)13(3,11)12/h7-10H,4-6H2,1-3H3. The van der Waals surface area contributed by atoms with E-state index in [-0.39, 0.29) is 11.3 Å². The Kier molecular flexibility index (Phi) is 3.35. The Labute approximate surface area is 80.8 Å². The molecule has 0 spiro atoms. The van der Waals surface area contributed by atoms with Crippen LogP contribution in [0.25, 0.3) is 0 Å². The summed E-state index contributed by atoms with van der Waals surface area (Å²) >= 11 is 0. The Morgan fingerprint density at radius 1 is 1.31 bits per heavy atom. The number of nitrogens with one attached hydrogen (secondary N) is 1. The van der Waals surface area contributed by atoms with Gasteiger partial charge >= 0.3 is 0 Å². The van der Waals surface area contributed by atoms with E-state index in [4.69, 9.17) is 0 Å².